The molecule has 0 saturated heterocycles. The number of nitrogens with zero attached hydrogens (tertiary/aromatic N) is 3. The lowest BCUT2D eigenvalue weighted by atomic mass is 10.0. The lowest BCUT2D eigenvalue weighted by Crippen LogP contribution is -2.36. The molecule has 2 heterocycles. The normalized spacial score (nSPS) is 18.0. The van der Waals surface area contributed by atoms with Crippen molar-refractivity contribution < 1.29 is 14.0 Å². The average molecular weight is 330 g/mol. The summed E-state index contributed by atoms with van der Waals surface area (Å²) < 4.78 is 14.7. The van der Waals surface area contributed by atoms with Crippen LogP contribution in [0.25, 0.3) is 0 Å². The van der Waals surface area contributed by atoms with Crippen molar-refractivity contribution in [2.24, 2.45) is 12.2 Å². The number of halogens is 1. The van der Waals surface area contributed by atoms with E-state index >= 15 is 0 Å². The van der Waals surface area contributed by atoms with Gasteiger partial charge in [0.05, 0.1) is 18.0 Å². The molecule has 6 nitrogen and oxygen atoms in total. The Morgan fingerprint density at radius 1 is 1.42 bits per heavy atom. The molecule has 0 bridgehead atoms. The molecule has 1 aromatic carbocycles. The molecule has 7 heteroatoms. The van der Waals surface area contributed by atoms with Crippen LogP contribution < -0.4 is 5.32 Å². The number of oxime groups is 1. The van der Waals surface area contributed by atoms with Gasteiger partial charge < -0.3 is 10.2 Å². The summed E-state index contributed by atoms with van der Waals surface area (Å²) in [5, 5.41) is 11.1. The van der Waals surface area contributed by atoms with Gasteiger partial charge in [-0.25, -0.2) is 4.39 Å². The summed E-state index contributed by atoms with van der Waals surface area (Å²) in [5.74, 6) is -0.542. The second-order valence-electron chi connectivity index (χ2n) is 5.88. The molecular formula is C17H19FN4O2. The Bertz CT molecular complexity index is 782. The van der Waals surface area contributed by atoms with E-state index in [9.17, 15) is 9.18 Å². The fourth-order valence-electron chi connectivity index (χ4n) is 2.66. The van der Waals surface area contributed by atoms with Crippen LogP contribution in [0.2, 0.25) is 0 Å². The highest BCUT2D eigenvalue weighted by atomic mass is 19.1. The van der Waals surface area contributed by atoms with Gasteiger partial charge in [-0.05, 0) is 31.5 Å². The molecule has 1 aromatic heterocycles. The zero-order chi connectivity index (χ0) is 17.3. The molecular weight excluding hydrogens is 311 g/mol. The fraction of sp³-hybridized carbons (Fsp3) is 0.353. The van der Waals surface area contributed by atoms with E-state index in [4.69, 9.17) is 4.84 Å². The smallest absolute Gasteiger partial charge is 0.264 e. The zero-order valence-corrected chi connectivity index (χ0v) is 13.8. The Morgan fingerprint density at radius 3 is 2.75 bits per heavy atom. The average Bonchev–Trinajstić information content (AvgIpc) is 3.16. The minimum atomic E-state index is -0.676. The maximum absolute atomic E-state index is 13.0. The Labute approximate surface area is 139 Å². The van der Waals surface area contributed by atoms with Crippen molar-refractivity contribution in [1.82, 2.24) is 15.1 Å². The third-order valence-electron chi connectivity index (χ3n) is 4.24. The van der Waals surface area contributed by atoms with E-state index in [-0.39, 0.29) is 17.8 Å². The number of benzene rings is 1. The van der Waals surface area contributed by atoms with E-state index in [0.717, 1.165) is 16.8 Å². The third kappa shape index (κ3) is 3.15. The van der Waals surface area contributed by atoms with Crippen LogP contribution in [0.15, 0.2) is 35.6 Å². The summed E-state index contributed by atoms with van der Waals surface area (Å²) in [6, 6.07) is 5.79. The Kier molecular flexibility index (Phi) is 4.33. The first-order valence-corrected chi connectivity index (χ1v) is 7.73. The summed E-state index contributed by atoms with van der Waals surface area (Å²) >= 11 is 0. The molecule has 1 aliphatic rings. The summed E-state index contributed by atoms with van der Waals surface area (Å²) in [5.41, 5.74) is 3.35. The van der Waals surface area contributed by atoms with Gasteiger partial charge in [-0.2, -0.15) is 5.10 Å². The Hall–Kier alpha value is -2.70. The highest BCUT2D eigenvalue weighted by Crippen LogP contribution is 2.20. The molecule has 1 N–H and O–H groups in total. The standard InChI is InChI=1S/C17H19FN4O2/c1-10(14-9-19-22(3)11(14)2)20-17(23)16-8-15(21-24-16)12-4-6-13(18)7-5-12/h4-7,9-10,16H,8H2,1-3H3,(H,20,23)/t10-,16+/m0/s1. The molecule has 1 amide bonds. The second kappa shape index (κ2) is 6.43. The zero-order valence-electron chi connectivity index (χ0n) is 13.8. The molecule has 24 heavy (non-hydrogen) atoms. The number of hydrogen-bond acceptors (Lipinski definition) is 4. The summed E-state index contributed by atoms with van der Waals surface area (Å²) in [4.78, 5) is 17.6. The van der Waals surface area contributed by atoms with Gasteiger partial charge in [0.25, 0.3) is 5.91 Å². The molecule has 0 fully saturated rings. The van der Waals surface area contributed by atoms with Crippen LogP contribution in [0.3, 0.4) is 0 Å². The van der Waals surface area contributed by atoms with Crippen molar-refractivity contribution in [2.75, 3.05) is 0 Å². The first-order valence-electron chi connectivity index (χ1n) is 7.73. The van der Waals surface area contributed by atoms with E-state index in [0.29, 0.717) is 12.1 Å². The number of rotatable bonds is 4. The van der Waals surface area contributed by atoms with Gasteiger partial charge in [0, 0.05) is 24.7 Å². The molecule has 1 aliphatic heterocycles. The largest absolute Gasteiger partial charge is 0.382 e. The van der Waals surface area contributed by atoms with E-state index < -0.39 is 6.10 Å². The second-order valence-corrected chi connectivity index (χ2v) is 5.88. The molecule has 0 unspecified atom stereocenters. The summed E-state index contributed by atoms with van der Waals surface area (Å²) in [6.45, 7) is 3.85. The number of aromatic nitrogens is 2. The number of hydrogen-bond donors (Lipinski definition) is 1. The molecule has 0 saturated carbocycles. The first kappa shape index (κ1) is 16.2. The molecule has 0 spiro atoms. The lowest BCUT2D eigenvalue weighted by Gasteiger charge is -2.16. The number of amides is 1. The number of nitrogens with one attached hydrogen (secondary N) is 1. The predicted octanol–water partition coefficient (Wildman–Crippen LogP) is 2.24. The van der Waals surface area contributed by atoms with Gasteiger partial charge in [0.2, 0.25) is 6.10 Å². The molecule has 126 valence electrons. The molecule has 0 aliphatic carbocycles. The van der Waals surface area contributed by atoms with Gasteiger partial charge in [0.15, 0.2) is 0 Å². The van der Waals surface area contributed by atoms with Crippen LogP contribution >= 0.6 is 0 Å². The van der Waals surface area contributed by atoms with Crippen molar-refractivity contribution in [3.63, 3.8) is 0 Å². The fourth-order valence-corrected chi connectivity index (χ4v) is 2.66. The first-order chi connectivity index (χ1) is 11.5. The summed E-state index contributed by atoms with van der Waals surface area (Å²) in [6.07, 6.45) is 1.43. The number of aryl methyl sites for hydroxylation is 1. The monoisotopic (exact) mass is 330 g/mol. The minimum Gasteiger partial charge on any atom is -0.382 e. The van der Waals surface area contributed by atoms with Gasteiger partial charge in [-0.3, -0.25) is 9.48 Å². The van der Waals surface area contributed by atoms with Crippen molar-refractivity contribution in [2.45, 2.75) is 32.4 Å². The van der Waals surface area contributed by atoms with E-state index in [2.05, 4.69) is 15.6 Å². The van der Waals surface area contributed by atoms with E-state index in [1.165, 1.54) is 12.1 Å². The van der Waals surface area contributed by atoms with Crippen LogP contribution in [0.5, 0.6) is 0 Å². The van der Waals surface area contributed by atoms with E-state index in [1.54, 1.807) is 23.0 Å². The van der Waals surface area contributed by atoms with Crippen LogP contribution in [0.1, 0.15) is 36.2 Å². The SMILES string of the molecule is Cc1c([C@H](C)NC(=O)[C@H]2CC(c3ccc(F)cc3)=NO2)cnn1C. The van der Waals surface area contributed by atoms with Gasteiger partial charge in [-0.1, -0.05) is 17.3 Å². The van der Waals surface area contributed by atoms with Crippen LogP contribution in [-0.2, 0) is 16.7 Å². The lowest BCUT2D eigenvalue weighted by molar-refractivity contribution is -0.131. The molecule has 0 radical (unpaired) electrons. The topological polar surface area (TPSA) is 68.5 Å². The van der Waals surface area contributed by atoms with Crippen molar-refractivity contribution in [3.05, 3.63) is 53.1 Å². The van der Waals surface area contributed by atoms with Crippen molar-refractivity contribution >= 4 is 11.6 Å². The van der Waals surface area contributed by atoms with E-state index in [1.807, 2.05) is 20.9 Å². The minimum absolute atomic E-state index is 0.176. The third-order valence-corrected chi connectivity index (χ3v) is 4.24. The maximum Gasteiger partial charge on any atom is 0.264 e. The highest BCUT2D eigenvalue weighted by Gasteiger charge is 2.30. The van der Waals surface area contributed by atoms with Crippen LogP contribution in [-0.4, -0.2) is 27.5 Å². The van der Waals surface area contributed by atoms with Gasteiger partial charge in [0.1, 0.15) is 5.82 Å². The molecule has 3 rings (SSSR count). The number of carbonyl (C=O) groups is 1. The van der Waals surface area contributed by atoms with Gasteiger partial charge >= 0.3 is 0 Å². The van der Waals surface area contributed by atoms with Crippen molar-refractivity contribution in [1.29, 1.82) is 0 Å². The molecule has 2 atom stereocenters. The Balaban J connectivity index is 1.61. The van der Waals surface area contributed by atoms with Crippen LogP contribution in [0, 0.1) is 12.7 Å². The summed E-state index contributed by atoms with van der Waals surface area (Å²) in [7, 11) is 1.86. The molecule has 2 aromatic rings. The maximum atomic E-state index is 13.0. The highest BCUT2D eigenvalue weighted by molar-refractivity contribution is 6.04. The quantitative estimate of drug-likeness (QED) is 0.935. The Morgan fingerprint density at radius 2 is 2.12 bits per heavy atom. The van der Waals surface area contributed by atoms with Crippen molar-refractivity contribution in [3.8, 4) is 0 Å². The predicted molar refractivity (Wildman–Crippen MR) is 86.9 cm³/mol. The van der Waals surface area contributed by atoms with Crippen LogP contribution in [0.4, 0.5) is 4.39 Å². The van der Waals surface area contributed by atoms with Gasteiger partial charge in [-0.15, -0.1) is 0 Å². The number of carbonyl (C=O) groups excluding carboxylic acids is 1.